The molecule has 1 rings (SSSR count). The molecule has 1 unspecified atom stereocenters. The van der Waals surface area contributed by atoms with Gasteiger partial charge < -0.3 is 5.73 Å². The zero-order chi connectivity index (χ0) is 13.8. The van der Waals surface area contributed by atoms with Crippen LogP contribution in [0.15, 0.2) is 29.2 Å². The first-order valence-electron chi connectivity index (χ1n) is 5.59. The van der Waals surface area contributed by atoms with Crippen molar-refractivity contribution in [3.8, 4) is 0 Å². The van der Waals surface area contributed by atoms with Crippen LogP contribution in [0.2, 0.25) is 0 Å². The number of benzene rings is 1. The van der Waals surface area contributed by atoms with Crippen molar-refractivity contribution in [2.45, 2.75) is 30.7 Å². The highest BCUT2D eigenvalue weighted by Crippen LogP contribution is 2.17. The Morgan fingerprint density at radius 1 is 1.33 bits per heavy atom. The van der Waals surface area contributed by atoms with Gasteiger partial charge in [-0.3, -0.25) is 10.1 Å². The smallest absolute Gasteiger partial charge is 0.269 e. The summed E-state index contributed by atoms with van der Waals surface area (Å²) >= 11 is 0. The van der Waals surface area contributed by atoms with Crippen LogP contribution in [0.5, 0.6) is 0 Å². The molecular formula is C11H16N2O4S. The van der Waals surface area contributed by atoms with Crippen LogP contribution < -0.4 is 5.73 Å². The Morgan fingerprint density at radius 3 is 2.33 bits per heavy atom. The molecule has 0 saturated heterocycles. The molecule has 1 aromatic carbocycles. The standard InChI is InChI=1S/C11H16N2O4S/c1-2-3-9(12)8-18(16,17)11-6-4-10(5-7-11)13(14)15/h4-7,9H,2-3,8,12H2,1H3. The molecular weight excluding hydrogens is 256 g/mol. The predicted molar refractivity (Wildman–Crippen MR) is 68.0 cm³/mol. The maximum atomic E-state index is 11.9. The van der Waals surface area contributed by atoms with Gasteiger partial charge in [-0.15, -0.1) is 0 Å². The molecule has 0 bridgehead atoms. The van der Waals surface area contributed by atoms with Gasteiger partial charge in [0, 0.05) is 18.2 Å². The summed E-state index contributed by atoms with van der Waals surface area (Å²) in [6.07, 6.45) is 1.45. The van der Waals surface area contributed by atoms with Crippen molar-refractivity contribution in [1.82, 2.24) is 0 Å². The minimum Gasteiger partial charge on any atom is -0.327 e. The van der Waals surface area contributed by atoms with E-state index in [1.165, 1.54) is 24.3 Å². The lowest BCUT2D eigenvalue weighted by molar-refractivity contribution is -0.384. The highest BCUT2D eigenvalue weighted by atomic mass is 32.2. The molecule has 0 aromatic heterocycles. The summed E-state index contributed by atoms with van der Waals surface area (Å²) in [6, 6.07) is 4.43. The molecule has 0 heterocycles. The average molecular weight is 272 g/mol. The molecule has 0 aliphatic heterocycles. The highest BCUT2D eigenvalue weighted by molar-refractivity contribution is 7.91. The Kier molecular flexibility index (Phi) is 4.80. The van der Waals surface area contributed by atoms with E-state index < -0.39 is 20.8 Å². The second kappa shape index (κ2) is 5.92. The molecule has 2 N–H and O–H groups in total. The normalized spacial score (nSPS) is 13.2. The summed E-state index contributed by atoms with van der Waals surface area (Å²) in [6.45, 7) is 1.93. The number of sulfone groups is 1. The Bertz CT molecular complexity index is 510. The van der Waals surface area contributed by atoms with Crippen molar-refractivity contribution in [2.24, 2.45) is 5.73 Å². The summed E-state index contributed by atoms with van der Waals surface area (Å²) in [5.41, 5.74) is 5.57. The molecule has 0 aliphatic carbocycles. The fraction of sp³-hybridized carbons (Fsp3) is 0.455. The first-order valence-corrected chi connectivity index (χ1v) is 7.25. The first-order chi connectivity index (χ1) is 8.36. The van der Waals surface area contributed by atoms with E-state index in [-0.39, 0.29) is 16.3 Å². The van der Waals surface area contributed by atoms with Crippen LogP contribution >= 0.6 is 0 Å². The van der Waals surface area contributed by atoms with Gasteiger partial charge in [0.15, 0.2) is 9.84 Å². The summed E-state index contributed by atoms with van der Waals surface area (Å²) in [5, 5.41) is 10.5. The molecule has 0 radical (unpaired) electrons. The van der Waals surface area contributed by atoms with Crippen LogP contribution in [0.25, 0.3) is 0 Å². The molecule has 0 aliphatic rings. The van der Waals surface area contributed by atoms with E-state index in [0.717, 1.165) is 6.42 Å². The number of nitro groups is 1. The second-order valence-corrected chi connectivity index (χ2v) is 6.12. The van der Waals surface area contributed by atoms with Crippen LogP contribution in [-0.2, 0) is 9.84 Å². The van der Waals surface area contributed by atoms with E-state index in [2.05, 4.69) is 0 Å². The zero-order valence-electron chi connectivity index (χ0n) is 10.1. The minimum atomic E-state index is -3.47. The third kappa shape index (κ3) is 3.78. The van der Waals surface area contributed by atoms with Crippen molar-refractivity contribution in [3.05, 3.63) is 34.4 Å². The van der Waals surface area contributed by atoms with Crippen molar-refractivity contribution in [3.63, 3.8) is 0 Å². The van der Waals surface area contributed by atoms with E-state index in [1.807, 2.05) is 6.92 Å². The van der Waals surface area contributed by atoms with Gasteiger partial charge in [-0.2, -0.15) is 0 Å². The van der Waals surface area contributed by atoms with Crippen molar-refractivity contribution in [1.29, 1.82) is 0 Å². The molecule has 1 atom stereocenters. The number of nitro benzene ring substituents is 1. The second-order valence-electron chi connectivity index (χ2n) is 4.08. The SMILES string of the molecule is CCCC(N)CS(=O)(=O)c1ccc([N+](=O)[O-])cc1. The Hall–Kier alpha value is -1.47. The maximum Gasteiger partial charge on any atom is 0.269 e. The van der Waals surface area contributed by atoms with Gasteiger partial charge in [-0.1, -0.05) is 13.3 Å². The van der Waals surface area contributed by atoms with Crippen LogP contribution in [0.3, 0.4) is 0 Å². The van der Waals surface area contributed by atoms with Gasteiger partial charge in [0.05, 0.1) is 15.6 Å². The van der Waals surface area contributed by atoms with Gasteiger partial charge in [0.1, 0.15) is 0 Å². The van der Waals surface area contributed by atoms with Gasteiger partial charge in [0.2, 0.25) is 0 Å². The summed E-state index contributed by atoms with van der Waals surface area (Å²) in [7, 11) is -3.47. The van der Waals surface area contributed by atoms with E-state index in [0.29, 0.717) is 6.42 Å². The summed E-state index contributed by atoms with van der Waals surface area (Å²) in [5.74, 6) is -0.140. The van der Waals surface area contributed by atoms with Gasteiger partial charge in [-0.25, -0.2) is 8.42 Å². The van der Waals surface area contributed by atoms with E-state index in [1.54, 1.807) is 0 Å². The largest absolute Gasteiger partial charge is 0.327 e. The number of nitrogens with two attached hydrogens (primary N) is 1. The number of non-ortho nitro benzene ring substituents is 1. The molecule has 7 heteroatoms. The van der Waals surface area contributed by atoms with Crippen LogP contribution in [0.1, 0.15) is 19.8 Å². The van der Waals surface area contributed by atoms with E-state index >= 15 is 0 Å². The maximum absolute atomic E-state index is 11.9. The number of rotatable bonds is 6. The summed E-state index contributed by atoms with van der Waals surface area (Å²) < 4.78 is 23.9. The van der Waals surface area contributed by atoms with Crippen LogP contribution in [-0.4, -0.2) is 25.1 Å². The lowest BCUT2D eigenvalue weighted by Gasteiger charge is -2.10. The third-order valence-corrected chi connectivity index (χ3v) is 4.36. The minimum absolute atomic E-state index is 0.0691. The van der Waals surface area contributed by atoms with Gasteiger partial charge >= 0.3 is 0 Å². The molecule has 0 saturated carbocycles. The van der Waals surface area contributed by atoms with Crippen molar-refractivity contribution >= 4 is 15.5 Å². The Morgan fingerprint density at radius 2 is 1.89 bits per heavy atom. The quantitative estimate of drug-likeness (QED) is 0.624. The molecule has 0 spiro atoms. The zero-order valence-corrected chi connectivity index (χ0v) is 10.9. The van der Waals surface area contributed by atoms with Crippen molar-refractivity contribution in [2.75, 3.05) is 5.75 Å². The Balaban J connectivity index is 2.88. The number of hydrogen-bond acceptors (Lipinski definition) is 5. The van der Waals surface area contributed by atoms with Crippen LogP contribution in [0, 0.1) is 10.1 Å². The molecule has 0 fully saturated rings. The average Bonchev–Trinajstić information content (AvgIpc) is 2.28. The Labute approximate surface area is 106 Å². The van der Waals surface area contributed by atoms with E-state index in [4.69, 9.17) is 5.73 Å². The summed E-state index contributed by atoms with van der Waals surface area (Å²) in [4.78, 5) is 9.96. The lowest BCUT2D eigenvalue weighted by Crippen LogP contribution is -2.29. The fourth-order valence-electron chi connectivity index (χ4n) is 1.61. The molecule has 18 heavy (non-hydrogen) atoms. The van der Waals surface area contributed by atoms with E-state index in [9.17, 15) is 18.5 Å². The van der Waals surface area contributed by atoms with Gasteiger partial charge in [-0.05, 0) is 18.6 Å². The van der Waals surface area contributed by atoms with Gasteiger partial charge in [0.25, 0.3) is 5.69 Å². The molecule has 0 amide bonds. The number of hydrogen-bond donors (Lipinski definition) is 1. The lowest BCUT2D eigenvalue weighted by atomic mass is 10.2. The number of nitrogens with zero attached hydrogens (tertiary/aromatic N) is 1. The molecule has 1 aromatic rings. The highest BCUT2D eigenvalue weighted by Gasteiger charge is 2.19. The topological polar surface area (TPSA) is 103 Å². The molecule has 100 valence electrons. The fourth-order valence-corrected chi connectivity index (χ4v) is 3.08. The first kappa shape index (κ1) is 14.6. The monoisotopic (exact) mass is 272 g/mol. The van der Waals surface area contributed by atoms with Crippen LogP contribution in [0.4, 0.5) is 5.69 Å². The molecule has 6 nitrogen and oxygen atoms in total. The van der Waals surface area contributed by atoms with Crippen molar-refractivity contribution < 1.29 is 13.3 Å². The predicted octanol–water partition coefficient (Wildman–Crippen LogP) is 1.50. The third-order valence-electron chi connectivity index (χ3n) is 2.50.